The van der Waals surface area contributed by atoms with Crippen molar-refractivity contribution in [2.75, 3.05) is 18.1 Å². The summed E-state index contributed by atoms with van der Waals surface area (Å²) < 4.78 is 0. The van der Waals surface area contributed by atoms with Gasteiger partial charge in [-0.15, -0.1) is 11.8 Å². The Labute approximate surface area is 120 Å². The van der Waals surface area contributed by atoms with E-state index in [1.54, 1.807) is 23.9 Å². The standard InChI is InChI=1S/C13H16N2O4S/c1-20-10-4-2-8(3-5-10)14-13(19)15-7-9(16)6-11(15)12(17)18/h2-5,9,11,16H,6-7H2,1H3,(H,14,19)(H,17,18)/t9-,11-/m0/s1. The Morgan fingerprint density at radius 3 is 2.55 bits per heavy atom. The molecule has 108 valence electrons. The van der Waals surface area contributed by atoms with Gasteiger partial charge in [0.05, 0.1) is 6.10 Å². The first-order chi connectivity index (χ1) is 9.51. The fourth-order valence-electron chi connectivity index (χ4n) is 2.14. The third kappa shape index (κ3) is 3.23. The Bertz CT molecular complexity index is 506. The largest absolute Gasteiger partial charge is 0.480 e. The molecule has 0 aliphatic carbocycles. The molecule has 2 rings (SSSR count). The lowest BCUT2D eigenvalue weighted by atomic mass is 10.2. The molecule has 7 heteroatoms. The number of carbonyl (C=O) groups excluding carboxylic acids is 1. The predicted octanol–water partition coefficient (Wildman–Crippen LogP) is 1.46. The predicted molar refractivity (Wildman–Crippen MR) is 76.0 cm³/mol. The number of hydrogen-bond donors (Lipinski definition) is 3. The van der Waals surface area contributed by atoms with Crippen LogP contribution in [0.25, 0.3) is 0 Å². The Morgan fingerprint density at radius 2 is 2.00 bits per heavy atom. The Balaban J connectivity index is 2.04. The first-order valence-corrected chi connectivity index (χ1v) is 7.36. The smallest absolute Gasteiger partial charge is 0.326 e. The molecular weight excluding hydrogens is 280 g/mol. The van der Waals surface area contributed by atoms with Crippen molar-refractivity contribution in [3.8, 4) is 0 Å². The maximum atomic E-state index is 12.1. The van der Waals surface area contributed by atoms with Crippen LogP contribution in [0.4, 0.5) is 10.5 Å². The van der Waals surface area contributed by atoms with Crippen LogP contribution >= 0.6 is 11.8 Å². The molecular formula is C13H16N2O4S. The average molecular weight is 296 g/mol. The molecule has 0 bridgehead atoms. The minimum Gasteiger partial charge on any atom is -0.480 e. The second-order valence-corrected chi connectivity index (χ2v) is 5.43. The quantitative estimate of drug-likeness (QED) is 0.735. The number of likely N-dealkylation sites (tertiary alicyclic amines) is 1. The number of benzene rings is 1. The summed E-state index contributed by atoms with van der Waals surface area (Å²) in [5.74, 6) is -1.10. The van der Waals surface area contributed by atoms with Gasteiger partial charge in [0.25, 0.3) is 0 Å². The van der Waals surface area contributed by atoms with Gasteiger partial charge in [-0.05, 0) is 30.5 Å². The minimum absolute atomic E-state index is 0.0334. The SMILES string of the molecule is CSc1ccc(NC(=O)N2C[C@@H](O)C[C@H]2C(=O)O)cc1. The van der Waals surface area contributed by atoms with E-state index < -0.39 is 24.1 Å². The lowest BCUT2D eigenvalue weighted by Gasteiger charge is -2.21. The molecule has 20 heavy (non-hydrogen) atoms. The van der Waals surface area contributed by atoms with E-state index in [4.69, 9.17) is 5.11 Å². The van der Waals surface area contributed by atoms with Gasteiger partial charge >= 0.3 is 12.0 Å². The van der Waals surface area contributed by atoms with Crippen LogP contribution in [0, 0.1) is 0 Å². The zero-order valence-corrected chi connectivity index (χ0v) is 11.8. The van der Waals surface area contributed by atoms with Gasteiger partial charge in [-0.3, -0.25) is 0 Å². The van der Waals surface area contributed by atoms with E-state index in [1.807, 2.05) is 18.4 Å². The number of nitrogens with one attached hydrogen (secondary N) is 1. The molecule has 0 spiro atoms. The average Bonchev–Trinajstić information content (AvgIpc) is 2.82. The highest BCUT2D eigenvalue weighted by atomic mass is 32.2. The summed E-state index contributed by atoms with van der Waals surface area (Å²) in [6, 6.07) is 5.76. The number of carboxylic acid groups (broad SMARTS) is 1. The fraction of sp³-hybridized carbons (Fsp3) is 0.385. The van der Waals surface area contributed by atoms with E-state index in [2.05, 4.69) is 5.32 Å². The fourth-order valence-corrected chi connectivity index (χ4v) is 2.55. The van der Waals surface area contributed by atoms with Crippen LogP contribution in [0.1, 0.15) is 6.42 Å². The Hall–Kier alpha value is -1.73. The normalized spacial score (nSPS) is 21.8. The number of hydrogen-bond acceptors (Lipinski definition) is 4. The molecule has 1 aromatic rings. The van der Waals surface area contributed by atoms with Crippen molar-refractivity contribution < 1.29 is 19.8 Å². The van der Waals surface area contributed by atoms with E-state index in [0.29, 0.717) is 5.69 Å². The van der Waals surface area contributed by atoms with Crippen LogP contribution in [-0.4, -0.2) is 52.1 Å². The molecule has 0 aromatic heterocycles. The first kappa shape index (κ1) is 14.7. The third-order valence-corrected chi connectivity index (χ3v) is 3.91. The van der Waals surface area contributed by atoms with Gasteiger partial charge in [0.2, 0.25) is 0 Å². The van der Waals surface area contributed by atoms with E-state index in [0.717, 1.165) is 9.80 Å². The number of nitrogens with zero attached hydrogens (tertiary/aromatic N) is 1. The molecule has 2 amide bonds. The van der Waals surface area contributed by atoms with Crippen molar-refractivity contribution in [3.05, 3.63) is 24.3 Å². The van der Waals surface area contributed by atoms with Gasteiger partial charge in [-0.1, -0.05) is 0 Å². The zero-order chi connectivity index (χ0) is 14.7. The number of thioether (sulfide) groups is 1. The van der Waals surface area contributed by atoms with E-state index in [1.165, 1.54) is 0 Å². The number of amides is 2. The second-order valence-electron chi connectivity index (χ2n) is 4.55. The maximum absolute atomic E-state index is 12.1. The van der Waals surface area contributed by atoms with Crippen LogP contribution in [0.15, 0.2) is 29.2 Å². The van der Waals surface area contributed by atoms with Crippen molar-refractivity contribution >= 4 is 29.4 Å². The van der Waals surface area contributed by atoms with Gasteiger partial charge in [-0.2, -0.15) is 0 Å². The molecule has 0 radical (unpaired) electrons. The number of aliphatic carboxylic acids is 1. The number of rotatable bonds is 3. The molecule has 1 heterocycles. The maximum Gasteiger partial charge on any atom is 0.326 e. The van der Waals surface area contributed by atoms with Gasteiger partial charge in [0.15, 0.2) is 0 Å². The molecule has 3 N–H and O–H groups in total. The van der Waals surface area contributed by atoms with Gasteiger partial charge in [0.1, 0.15) is 6.04 Å². The molecule has 1 aliphatic rings. The number of carbonyl (C=O) groups is 2. The lowest BCUT2D eigenvalue weighted by Crippen LogP contribution is -2.43. The Morgan fingerprint density at radius 1 is 1.35 bits per heavy atom. The highest BCUT2D eigenvalue weighted by Gasteiger charge is 2.38. The topological polar surface area (TPSA) is 89.9 Å². The highest BCUT2D eigenvalue weighted by Crippen LogP contribution is 2.21. The molecule has 0 saturated carbocycles. The number of anilines is 1. The number of aliphatic hydroxyl groups is 1. The summed E-state index contributed by atoms with van der Waals surface area (Å²) in [7, 11) is 0. The number of carboxylic acids is 1. The molecule has 1 saturated heterocycles. The van der Waals surface area contributed by atoms with Crippen LogP contribution in [0.2, 0.25) is 0 Å². The van der Waals surface area contributed by atoms with Crippen LogP contribution in [0.5, 0.6) is 0 Å². The zero-order valence-electron chi connectivity index (χ0n) is 10.9. The van der Waals surface area contributed by atoms with Crippen molar-refractivity contribution in [2.24, 2.45) is 0 Å². The third-order valence-electron chi connectivity index (χ3n) is 3.17. The van der Waals surface area contributed by atoms with E-state index in [9.17, 15) is 14.7 Å². The van der Waals surface area contributed by atoms with Crippen LogP contribution in [0.3, 0.4) is 0 Å². The second kappa shape index (κ2) is 6.15. The summed E-state index contributed by atoms with van der Waals surface area (Å²) in [5, 5.41) is 21.2. The lowest BCUT2D eigenvalue weighted by molar-refractivity contribution is -0.141. The summed E-state index contributed by atoms with van der Waals surface area (Å²) in [4.78, 5) is 25.3. The minimum atomic E-state index is -1.10. The van der Waals surface area contributed by atoms with Crippen molar-refractivity contribution in [3.63, 3.8) is 0 Å². The first-order valence-electron chi connectivity index (χ1n) is 6.14. The van der Waals surface area contributed by atoms with Gasteiger partial charge < -0.3 is 20.4 Å². The van der Waals surface area contributed by atoms with Crippen molar-refractivity contribution in [2.45, 2.75) is 23.5 Å². The molecule has 6 nitrogen and oxygen atoms in total. The van der Waals surface area contributed by atoms with Crippen molar-refractivity contribution in [1.29, 1.82) is 0 Å². The van der Waals surface area contributed by atoms with Gasteiger partial charge in [0, 0.05) is 23.5 Å². The molecule has 0 unspecified atom stereocenters. The monoisotopic (exact) mass is 296 g/mol. The molecule has 1 aliphatic heterocycles. The van der Waals surface area contributed by atoms with E-state index >= 15 is 0 Å². The number of aliphatic hydroxyl groups excluding tert-OH is 1. The summed E-state index contributed by atoms with van der Waals surface area (Å²) in [5.41, 5.74) is 0.596. The highest BCUT2D eigenvalue weighted by molar-refractivity contribution is 7.98. The summed E-state index contributed by atoms with van der Waals surface area (Å²) >= 11 is 1.59. The molecule has 2 atom stereocenters. The van der Waals surface area contributed by atoms with Crippen LogP contribution in [-0.2, 0) is 4.79 Å². The van der Waals surface area contributed by atoms with Crippen LogP contribution < -0.4 is 5.32 Å². The van der Waals surface area contributed by atoms with Crippen molar-refractivity contribution in [1.82, 2.24) is 4.90 Å². The number of β-amino-alcohol motifs (C(OH)–C–C–N with tert-alkyl or cyclic N) is 1. The molecule has 1 aromatic carbocycles. The summed E-state index contributed by atoms with van der Waals surface area (Å²) in [6.07, 6.45) is 1.23. The Kier molecular flexibility index (Phi) is 4.51. The van der Waals surface area contributed by atoms with Gasteiger partial charge in [-0.25, -0.2) is 9.59 Å². The van der Waals surface area contributed by atoms with E-state index in [-0.39, 0.29) is 13.0 Å². The summed E-state index contributed by atoms with van der Waals surface area (Å²) in [6.45, 7) is 0.0334. The number of urea groups is 1. The molecule has 1 fully saturated rings.